The normalized spacial score (nSPS) is 32.9. The summed E-state index contributed by atoms with van der Waals surface area (Å²) in [5.41, 5.74) is -0.617. The number of rotatable bonds is 4. The molecule has 3 unspecified atom stereocenters. The Morgan fingerprint density at radius 3 is 2.57 bits per heavy atom. The van der Waals surface area contributed by atoms with Gasteiger partial charge >= 0.3 is 6.03 Å². The summed E-state index contributed by atoms with van der Waals surface area (Å²) < 4.78 is 16.4. The van der Waals surface area contributed by atoms with Crippen LogP contribution < -0.4 is 0 Å². The summed E-state index contributed by atoms with van der Waals surface area (Å²) in [6, 6.07) is -0.322. The van der Waals surface area contributed by atoms with Crippen molar-refractivity contribution in [3.8, 4) is 0 Å². The summed E-state index contributed by atoms with van der Waals surface area (Å²) in [6.45, 7) is 4.42. The van der Waals surface area contributed by atoms with Crippen LogP contribution in [0.5, 0.6) is 0 Å². The van der Waals surface area contributed by atoms with E-state index in [1.807, 2.05) is 13.8 Å². The van der Waals surface area contributed by atoms with Crippen molar-refractivity contribution in [2.24, 2.45) is 5.41 Å². The predicted molar refractivity (Wildman–Crippen MR) is 74.6 cm³/mol. The summed E-state index contributed by atoms with van der Waals surface area (Å²) in [5, 5.41) is 0. The van der Waals surface area contributed by atoms with Crippen molar-refractivity contribution in [2.75, 3.05) is 34.4 Å². The van der Waals surface area contributed by atoms with Gasteiger partial charge in [-0.05, 0) is 13.8 Å². The summed E-state index contributed by atoms with van der Waals surface area (Å²) in [5.74, 6) is -0.168. The van der Waals surface area contributed by atoms with E-state index in [4.69, 9.17) is 14.2 Å². The second-order valence-corrected chi connectivity index (χ2v) is 6.25. The Balaban J connectivity index is 2.14. The first kappa shape index (κ1) is 16.2. The molecule has 0 bridgehead atoms. The van der Waals surface area contributed by atoms with Crippen LogP contribution in [0.4, 0.5) is 4.79 Å². The van der Waals surface area contributed by atoms with Crippen molar-refractivity contribution in [2.45, 2.75) is 38.7 Å². The Hall–Kier alpha value is -1.18. The number of hydrogen-bond acceptors (Lipinski definition) is 5. The standard InChI is InChI=1S/C14H24N2O5/c1-14(2)8-16(13(18)15(3)12(14)17)11-6-9(20-5)10(21-11)7-19-4/h9-11H,6-8H2,1-5H3. The van der Waals surface area contributed by atoms with Gasteiger partial charge in [0.05, 0.1) is 18.1 Å². The first-order valence-electron chi connectivity index (χ1n) is 7.07. The van der Waals surface area contributed by atoms with Gasteiger partial charge in [0.15, 0.2) is 0 Å². The van der Waals surface area contributed by atoms with Gasteiger partial charge in [-0.1, -0.05) is 0 Å². The number of urea groups is 1. The zero-order valence-corrected chi connectivity index (χ0v) is 13.3. The highest BCUT2D eigenvalue weighted by molar-refractivity contribution is 5.99. The van der Waals surface area contributed by atoms with Crippen LogP contribution in [0.15, 0.2) is 0 Å². The fourth-order valence-electron chi connectivity index (χ4n) is 2.97. The molecule has 0 aromatic heterocycles. The largest absolute Gasteiger partial charge is 0.382 e. The lowest BCUT2D eigenvalue weighted by Crippen LogP contribution is -2.61. The van der Waals surface area contributed by atoms with E-state index >= 15 is 0 Å². The highest BCUT2D eigenvalue weighted by Crippen LogP contribution is 2.33. The first-order valence-corrected chi connectivity index (χ1v) is 7.07. The number of nitrogens with zero attached hydrogens (tertiary/aromatic N) is 2. The Labute approximate surface area is 125 Å². The van der Waals surface area contributed by atoms with Crippen LogP contribution in [0.1, 0.15) is 20.3 Å². The molecule has 3 amide bonds. The quantitative estimate of drug-likeness (QED) is 0.764. The highest BCUT2D eigenvalue weighted by atomic mass is 16.6. The first-order chi connectivity index (χ1) is 9.81. The molecular formula is C14H24N2O5. The van der Waals surface area contributed by atoms with Gasteiger partial charge in [0, 0.05) is 34.2 Å². The maximum absolute atomic E-state index is 12.3. The molecule has 2 rings (SSSR count). The van der Waals surface area contributed by atoms with Crippen LogP contribution in [0, 0.1) is 5.41 Å². The fourth-order valence-corrected chi connectivity index (χ4v) is 2.97. The van der Waals surface area contributed by atoms with E-state index in [9.17, 15) is 9.59 Å². The average Bonchev–Trinajstić information content (AvgIpc) is 2.84. The molecule has 0 spiro atoms. The third-order valence-corrected chi connectivity index (χ3v) is 4.14. The van der Waals surface area contributed by atoms with Crippen LogP contribution in [0.25, 0.3) is 0 Å². The Morgan fingerprint density at radius 1 is 1.33 bits per heavy atom. The molecule has 21 heavy (non-hydrogen) atoms. The maximum atomic E-state index is 12.3. The van der Waals surface area contributed by atoms with Crippen LogP contribution in [-0.2, 0) is 19.0 Å². The Morgan fingerprint density at radius 2 is 2.00 bits per heavy atom. The second-order valence-electron chi connectivity index (χ2n) is 6.25. The van der Waals surface area contributed by atoms with Crippen molar-refractivity contribution in [3.05, 3.63) is 0 Å². The third kappa shape index (κ3) is 2.90. The van der Waals surface area contributed by atoms with E-state index in [0.29, 0.717) is 19.6 Å². The van der Waals surface area contributed by atoms with E-state index < -0.39 is 11.6 Å². The molecular weight excluding hydrogens is 276 g/mol. The van der Waals surface area contributed by atoms with Crippen LogP contribution >= 0.6 is 0 Å². The highest BCUT2D eigenvalue weighted by Gasteiger charge is 2.48. The summed E-state index contributed by atoms with van der Waals surface area (Å²) >= 11 is 0. The SMILES string of the molecule is COCC1OC(N2CC(C)(C)C(=O)N(C)C2=O)CC1OC. The minimum atomic E-state index is -0.617. The summed E-state index contributed by atoms with van der Waals surface area (Å²) in [7, 11) is 4.73. The number of carbonyl (C=O) groups excluding carboxylic acids is 2. The lowest BCUT2D eigenvalue weighted by Gasteiger charge is -2.43. The molecule has 0 radical (unpaired) electrons. The van der Waals surface area contributed by atoms with Gasteiger partial charge < -0.3 is 14.2 Å². The van der Waals surface area contributed by atoms with Crippen molar-refractivity contribution in [1.29, 1.82) is 0 Å². The van der Waals surface area contributed by atoms with Gasteiger partial charge in [0.25, 0.3) is 0 Å². The van der Waals surface area contributed by atoms with E-state index in [1.54, 1.807) is 19.1 Å². The molecule has 2 fully saturated rings. The van der Waals surface area contributed by atoms with Crippen molar-refractivity contribution in [1.82, 2.24) is 9.80 Å². The lowest BCUT2D eigenvalue weighted by molar-refractivity contribution is -0.146. The lowest BCUT2D eigenvalue weighted by atomic mass is 9.89. The molecule has 7 nitrogen and oxygen atoms in total. The molecule has 0 N–H and O–H groups in total. The van der Waals surface area contributed by atoms with Crippen LogP contribution in [0.2, 0.25) is 0 Å². The number of carbonyl (C=O) groups is 2. The minimum absolute atomic E-state index is 0.117. The number of hydrogen-bond donors (Lipinski definition) is 0. The molecule has 0 saturated carbocycles. The zero-order valence-electron chi connectivity index (χ0n) is 13.3. The van der Waals surface area contributed by atoms with Gasteiger partial charge in [-0.2, -0.15) is 0 Å². The van der Waals surface area contributed by atoms with Crippen molar-refractivity contribution < 1.29 is 23.8 Å². The third-order valence-electron chi connectivity index (χ3n) is 4.14. The number of ether oxygens (including phenoxy) is 3. The average molecular weight is 300 g/mol. The van der Waals surface area contributed by atoms with Crippen molar-refractivity contribution in [3.63, 3.8) is 0 Å². The molecule has 2 aliphatic rings. The van der Waals surface area contributed by atoms with Gasteiger partial charge in [0.1, 0.15) is 12.3 Å². The van der Waals surface area contributed by atoms with Gasteiger partial charge in [-0.25, -0.2) is 4.79 Å². The van der Waals surface area contributed by atoms with Gasteiger partial charge in [0.2, 0.25) is 5.91 Å². The van der Waals surface area contributed by atoms with E-state index in [0.717, 1.165) is 4.90 Å². The van der Waals surface area contributed by atoms with E-state index in [1.165, 1.54) is 7.05 Å². The topological polar surface area (TPSA) is 68.3 Å². The van der Waals surface area contributed by atoms with Crippen LogP contribution in [0.3, 0.4) is 0 Å². The Bertz CT molecular complexity index is 426. The molecule has 0 aromatic rings. The molecule has 3 atom stereocenters. The van der Waals surface area contributed by atoms with E-state index in [-0.39, 0.29) is 24.1 Å². The molecule has 2 heterocycles. The number of amides is 3. The van der Waals surface area contributed by atoms with Gasteiger partial charge in [-0.3, -0.25) is 14.6 Å². The molecule has 0 aromatic carbocycles. The molecule has 2 aliphatic heterocycles. The zero-order chi connectivity index (χ0) is 15.8. The molecule has 0 aliphatic carbocycles. The monoisotopic (exact) mass is 300 g/mol. The minimum Gasteiger partial charge on any atom is -0.382 e. The smallest absolute Gasteiger partial charge is 0.328 e. The van der Waals surface area contributed by atoms with E-state index in [2.05, 4.69) is 0 Å². The van der Waals surface area contributed by atoms with Crippen LogP contribution in [-0.4, -0.2) is 74.6 Å². The molecule has 7 heteroatoms. The van der Waals surface area contributed by atoms with Crippen molar-refractivity contribution >= 4 is 11.9 Å². The predicted octanol–water partition coefficient (Wildman–Crippen LogP) is 0.683. The molecule has 2 saturated heterocycles. The maximum Gasteiger partial charge on any atom is 0.328 e. The fraction of sp³-hybridized carbons (Fsp3) is 0.857. The number of imide groups is 1. The Kier molecular flexibility index (Phi) is 4.55. The summed E-state index contributed by atoms with van der Waals surface area (Å²) in [4.78, 5) is 27.2. The second kappa shape index (κ2) is 5.90. The van der Waals surface area contributed by atoms with Gasteiger partial charge in [-0.15, -0.1) is 0 Å². The number of methoxy groups -OCH3 is 2. The molecule has 120 valence electrons. The summed E-state index contributed by atoms with van der Waals surface area (Å²) in [6.07, 6.45) is -0.135.